The Morgan fingerprint density at radius 3 is 2.75 bits per heavy atom. The van der Waals surface area contributed by atoms with Crippen LogP contribution in [0.2, 0.25) is 0 Å². The van der Waals surface area contributed by atoms with Crippen molar-refractivity contribution in [1.29, 1.82) is 0 Å². The predicted octanol–water partition coefficient (Wildman–Crippen LogP) is 1.50. The fourth-order valence-corrected chi connectivity index (χ4v) is 2.56. The third-order valence-electron chi connectivity index (χ3n) is 3.61. The average Bonchev–Trinajstić information content (AvgIpc) is 2.84. The Morgan fingerprint density at radius 2 is 2.10 bits per heavy atom. The highest BCUT2D eigenvalue weighted by atomic mass is 16.2. The van der Waals surface area contributed by atoms with Gasteiger partial charge < -0.3 is 11.1 Å². The van der Waals surface area contributed by atoms with Gasteiger partial charge in [-0.05, 0) is 38.8 Å². The summed E-state index contributed by atoms with van der Waals surface area (Å²) in [6.07, 6.45) is 2.01. The maximum Gasteiger partial charge on any atom is 0.237 e. The molecule has 1 saturated heterocycles. The number of likely N-dealkylation sites (tertiary alicyclic amines) is 1. The highest BCUT2D eigenvalue weighted by Gasteiger charge is 2.30. The molecule has 20 heavy (non-hydrogen) atoms. The van der Waals surface area contributed by atoms with Crippen LogP contribution in [0.4, 0.5) is 0 Å². The van der Waals surface area contributed by atoms with Crippen molar-refractivity contribution in [1.82, 2.24) is 10.2 Å². The van der Waals surface area contributed by atoms with Crippen molar-refractivity contribution in [2.45, 2.75) is 44.8 Å². The minimum absolute atomic E-state index is 0.0162. The van der Waals surface area contributed by atoms with Crippen molar-refractivity contribution in [3.8, 4) is 0 Å². The standard InChI is InChI=1S/C16H25N3O/c1-16(2,17)12-18-15(20)14-9-6-10-19(14)11-13-7-4-3-5-8-13/h3-5,7-8,14H,6,9-12,17H2,1-2H3,(H,18,20). The highest BCUT2D eigenvalue weighted by molar-refractivity contribution is 5.82. The summed E-state index contributed by atoms with van der Waals surface area (Å²) in [6.45, 7) is 6.18. The van der Waals surface area contributed by atoms with Gasteiger partial charge in [0, 0.05) is 18.6 Å². The molecule has 110 valence electrons. The largest absolute Gasteiger partial charge is 0.353 e. The van der Waals surface area contributed by atoms with Gasteiger partial charge >= 0.3 is 0 Å². The Labute approximate surface area is 121 Å². The van der Waals surface area contributed by atoms with E-state index in [4.69, 9.17) is 5.73 Å². The molecule has 1 aliphatic heterocycles. The molecule has 1 unspecified atom stereocenters. The van der Waals surface area contributed by atoms with Crippen LogP contribution in [0.1, 0.15) is 32.3 Å². The summed E-state index contributed by atoms with van der Waals surface area (Å²) in [5.74, 6) is 0.108. The van der Waals surface area contributed by atoms with Gasteiger partial charge in [0.2, 0.25) is 5.91 Å². The van der Waals surface area contributed by atoms with Crippen LogP contribution < -0.4 is 11.1 Å². The molecule has 1 aromatic rings. The molecule has 0 aliphatic carbocycles. The number of hydrogen-bond acceptors (Lipinski definition) is 3. The molecule has 1 heterocycles. The third kappa shape index (κ3) is 4.32. The van der Waals surface area contributed by atoms with E-state index >= 15 is 0 Å². The van der Waals surface area contributed by atoms with Crippen LogP contribution >= 0.6 is 0 Å². The van der Waals surface area contributed by atoms with E-state index in [9.17, 15) is 4.79 Å². The van der Waals surface area contributed by atoms with E-state index in [1.165, 1.54) is 5.56 Å². The van der Waals surface area contributed by atoms with Crippen LogP contribution in [0.25, 0.3) is 0 Å². The smallest absolute Gasteiger partial charge is 0.237 e. The van der Waals surface area contributed by atoms with Crippen LogP contribution in [0.3, 0.4) is 0 Å². The summed E-state index contributed by atoms with van der Waals surface area (Å²) in [6, 6.07) is 10.3. The van der Waals surface area contributed by atoms with Gasteiger partial charge in [0.25, 0.3) is 0 Å². The summed E-state index contributed by atoms with van der Waals surface area (Å²) < 4.78 is 0. The Morgan fingerprint density at radius 1 is 1.40 bits per heavy atom. The maximum absolute atomic E-state index is 12.3. The summed E-state index contributed by atoms with van der Waals surface area (Å²) >= 11 is 0. The van der Waals surface area contributed by atoms with Gasteiger partial charge in [0.15, 0.2) is 0 Å². The molecule has 2 rings (SSSR count). The Bertz CT molecular complexity index is 439. The van der Waals surface area contributed by atoms with Crippen LogP contribution in [0.15, 0.2) is 30.3 Å². The van der Waals surface area contributed by atoms with E-state index in [-0.39, 0.29) is 17.5 Å². The minimum Gasteiger partial charge on any atom is -0.353 e. The number of carbonyl (C=O) groups excluding carboxylic acids is 1. The van der Waals surface area contributed by atoms with E-state index in [0.717, 1.165) is 25.9 Å². The lowest BCUT2D eigenvalue weighted by atomic mass is 10.1. The summed E-state index contributed by atoms with van der Waals surface area (Å²) in [5.41, 5.74) is 6.81. The summed E-state index contributed by atoms with van der Waals surface area (Å²) in [4.78, 5) is 14.5. The van der Waals surface area contributed by atoms with Gasteiger partial charge in [0.05, 0.1) is 6.04 Å². The molecule has 4 nitrogen and oxygen atoms in total. The Kier molecular flexibility index (Phi) is 4.78. The van der Waals surface area contributed by atoms with E-state index in [2.05, 4.69) is 22.3 Å². The first-order chi connectivity index (χ1) is 9.46. The van der Waals surface area contributed by atoms with Crippen LogP contribution in [-0.4, -0.2) is 35.5 Å². The normalized spacial score (nSPS) is 20.1. The molecule has 1 aromatic carbocycles. The summed E-state index contributed by atoms with van der Waals surface area (Å²) in [7, 11) is 0. The second-order valence-electron chi connectivity index (χ2n) is 6.32. The van der Waals surface area contributed by atoms with Gasteiger partial charge in [-0.2, -0.15) is 0 Å². The number of hydrogen-bond donors (Lipinski definition) is 2. The van der Waals surface area contributed by atoms with Crippen LogP contribution in [0.5, 0.6) is 0 Å². The van der Waals surface area contributed by atoms with Crippen LogP contribution in [0, 0.1) is 0 Å². The van der Waals surface area contributed by atoms with Crippen molar-refractivity contribution in [3.63, 3.8) is 0 Å². The van der Waals surface area contributed by atoms with Crippen molar-refractivity contribution < 1.29 is 4.79 Å². The molecule has 0 aromatic heterocycles. The van der Waals surface area contributed by atoms with Gasteiger partial charge in [-0.3, -0.25) is 9.69 Å². The van der Waals surface area contributed by atoms with Gasteiger partial charge in [-0.15, -0.1) is 0 Å². The highest BCUT2D eigenvalue weighted by Crippen LogP contribution is 2.20. The molecule has 0 bridgehead atoms. The SMILES string of the molecule is CC(C)(N)CNC(=O)C1CCCN1Cc1ccccc1. The van der Waals surface area contributed by atoms with Gasteiger partial charge in [0.1, 0.15) is 0 Å². The maximum atomic E-state index is 12.3. The molecular weight excluding hydrogens is 250 g/mol. The first kappa shape index (κ1) is 15.0. The molecule has 1 atom stereocenters. The Hall–Kier alpha value is -1.39. The van der Waals surface area contributed by atoms with E-state index in [0.29, 0.717) is 6.54 Å². The van der Waals surface area contributed by atoms with Gasteiger partial charge in [-0.25, -0.2) is 0 Å². The lowest BCUT2D eigenvalue weighted by molar-refractivity contribution is -0.125. The van der Waals surface area contributed by atoms with Crippen LogP contribution in [-0.2, 0) is 11.3 Å². The monoisotopic (exact) mass is 275 g/mol. The quantitative estimate of drug-likeness (QED) is 0.856. The van der Waals surface area contributed by atoms with Crippen molar-refractivity contribution in [3.05, 3.63) is 35.9 Å². The number of rotatable bonds is 5. The van der Waals surface area contributed by atoms with Crippen molar-refractivity contribution in [2.24, 2.45) is 5.73 Å². The number of nitrogens with two attached hydrogens (primary N) is 1. The minimum atomic E-state index is -0.363. The third-order valence-corrected chi connectivity index (χ3v) is 3.61. The van der Waals surface area contributed by atoms with Gasteiger partial charge in [-0.1, -0.05) is 30.3 Å². The lowest BCUT2D eigenvalue weighted by Crippen LogP contribution is -2.50. The molecule has 3 N–H and O–H groups in total. The number of nitrogens with zero attached hydrogens (tertiary/aromatic N) is 1. The molecule has 1 aliphatic rings. The molecule has 1 amide bonds. The van der Waals surface area contributed by atoms with Crippen molar-refractivity contribution >= 4 is 5.91 Å². The topological polar surface area (TPSA) is 58.4 Å². The first-order valence-corrected chi connectivity index (χ1v) is 7.30. The predicted molar refractivity (Wildman–Crippen MR) is 81.2 cm³/mol. The second kappa shape index (κ2) is 6.37. The first-order valence-electron chi connectivity index (χ1n) is 7.30. The van der Waals surface area contributed by atoms with Crippen molar-refractivity contribution in [2.75, 3.05) is 13.1 Å². The average molecular weight is 275 g/mol. The zero-order valence-corrected chi connectivity index (χ0v) is 12.4. The molecule has 4 heteroatoms. The molecular formula is C16H25N3O. The molecule has 0 saturated carbocycles. The van der Waals surface area contributed by atoms with E-state index in [1.54, 1.807) is 0 Å². The lowest BCUT2D eigenvalue weighted by Gasteiger charge is -2.26. The molecule has 1 fully saturated rings. The van der Waals surface area contributed by atoms with E-state index in [1.807, 2.05) is 32.0 Å². The zero-order chi connectivity index (χ0) is 14.6. The molecule has 0 radical (unpaired) electrons. The summed E-state index contributed by atoms with van der Waals surface area (Å²) in [5, 5.41) is 2.97. The number of nitrogens with one attached hydrogen (secondary N) is 1. The fraction of sp³-hybridized carbons (Fsp3) is 0.562. The fourth-order valence-electron chi connectivity index (χ4n) is 2.56. The molecule has 0 spiro atoms. The zero-order valence-electron chi connectivity index (χ0n) is 12.4. The Balaban J connectivity index is 1.92. The second-order valence-corrected chi connectivity index (χ2v) is 6.32. The van der Waals surface area contributed by atoms with E-state index < -0.39 is 0 Å². The number of carbonyl (C=O) groups is 1. The number of amides is 1. The number of benzene rings is 1.